The van der Waals surface area contributed by atoms with Crippen LogP contribution in [0.15, 0.2) is 0 Å². The molecule has 1 atom stereocenters. The highest BCUT2D eigenvalue weighted by Crippen LogP contribution is 2.15. The second-order valence-electron chi connectivity index (χ2n) is 2.56. The van der Waals surface area contributed by atoms with Crippen LogP contribution in [0.1, 0.15) is 26.2 Å². The third-order valence-electron chi connectivity index (χ3n) is 1.41. The first kappa shape index (κ1) is 10.2. The smallest absolute Gasteiger partial charge is 0.211 e. The van der Waals surface area contributed by atoms with Crippen LogP contribution in [0, 0.1) is 5.92 Å². The largest absolute Gasteiger partial charge is 0.238 e. The van der Waals surface area contributed by atoms with Gasteiger partial charge in [-0.2, -0.15) is 0 Å². The van der Waals surface area contributed by atoms with E-state index in [1.165, 1.54) is 0 Å². The molecule has 10 heavy (non-hydrogen) atoms. The van der Waals surface area contributed by atoms with Gasteiger partial charge in [0.2, 0.25) is 6.43 Å². The first-order valence-electron chi connectivity index (χ1n) is 3.51. The molecule has 0 fully saturated rings. The number of hydrogen-bond donors (Lipinski definition) is 0. The van der Waals surface area contributed by atoms with Crippen molar-refractivity contribution in [1.29, 1.82) is 0 Å². The van der Waals surface area contributed by atoms with Gasteiger partial charge in [-0.25, -0.2) is 8.78 Å². The Bertz CT molecular complexity index is 76.0. The molecule has 0 N–H and O–H groups in total. The maximum atomic E-state index is 11.7. The highest BCUT2D eigenvalue weighted by Gasteiger charge is 2.08. The number of rotatable bonds is 5. The molecule has 0 bridgehead atoms. The van der Waals surface area contributed by atoms with Crippen molar-refractivity contribution < 1.29 is 8.78 Å². The van der Waals surface area contributed by atoms with E-state index < -0.39 is 6.43 Å². The molecule has 0 amide bonds. The summed E-state index contributed by atoms with van der Waals surface area (Å²) in [6, 6.07) is 0. The van der Waals surface area contributed by atoms with E-state index in [2.05, 4.69) is 0 Å². The number of halogens is 3. The summed E-state index contributed by atoms with van der Waals surface area (Å²) >= 11 is 5.39. The highest BCUT2D eigenvalue weighted by atomic mass is 35.5. The van der Waals surface area contributed by atoms with Gasteiger partial charge in [0.15, 0.2) is 0 Å². The van der Waals surface area contributed by atoms with Crippen LogP contribution in [-0.4, -0.2) is 12.3 Å². The minimum Gasteiger partial charge on any atom is -0.211 e. The van der Waals surface area contributed by atoms with Crippen molar-refractivity contribution in [2.75, 3.05) is 5.88 Å². The van der Waals surface area contributed by atoms with E-state index in [1.807, 2.05) is 6.92 Å². The fraction of sp³-hybridized carbons (Fsp3) is 1.00. The summed E-state index contributed by atoms with van der Waals surface area (Å²) in [5, 5.41) is 0. The van der Waals surface area contributed by atoms with Crippen LogP contribution in [-0.2, 0) is 0 Å². The molecule has 0 radical (unpaired) electrons. The minimum absolute atomic E-state index is 0.0108. The van der Waals surface area contributed by atoms with E-state index in [4.69, 9.17) is 11.6 Å². The van der Waals surface area contributed by atoms with Crippen LogP contribution < -0.4 is 0 Å². The third kappa shape index (κ3) is 6.27. The molecule has 1 unspecified atom stereocenters. The van der Waals surface area contributed by atoms with Crippen LogP contribution in [0.5, 0.6) is 0 Å². The van der Waals surface area contributed by atoms with Gasteiger partial charge in [0, 0.05) is 12.3 Å². The van der Waals surface area contributed by atoms with Gasteiger partial charge in [-0.1, -0.05) is 6.92 Å². The van der Waals surface area contributed by atoms with Gasteiger partial charge in [0.25, 0.3) is 0 Å². The molecule has 3 heteroatoms. The lowest BCUT2D eigenvalue weighted by atomic mass is 10.0. The van der Waals surface area contributed by atoms with Crippen molar-refractivity contribution in [1.82, 2.24) is 0 Å². The van der Waals surface area contributed by atoms with Gasteiger partial charge in [0.1, 0.15) is 0 Å². The van der Waals surface area contributed by atoms with Crippen molar-refractivity contribution in [2.24, 2.45) is 5.92 Å². The lowest BCUT2D eigenvalue weighted by Gasteiger charge is -2.07. The molecule has 0 rings (SSSR count). The van der Waals surface area contributed by atoms with Gasteiger partial charge >= 0.3 is 0 Å². The van der Waals surface area contributed by atoms with E-state index in [0.29, 0.717) is 5.88 Å². The Labute approximate surface area is 65.6 Å². The average Bonchev–Trinajstić information content (AvgIpc) is 1.82. The number of hydrogen-bond acceptors (Lipinski definition) is 0. The van der Waals surface area contributed by atoms with E-state index >= 15 is 0 Å². The molecule has 0 saturated heterocycles. The second-order valence-corrected chi connectivity index (χ2v) is 2.94. The van der Waals surface area contributed by atoms with Crippen molar-refractivity contribution in [2.45, 2.75) is 32.6 Å². The van der Waals surface area contributed by atoms with Gasteiger partial charge in [-0.15, -0.1) is 11.6 Å². The fourth-order valence-corrected chi connectivity index (χ4v) is 1.00. The molecule has 0 heterocycles. The Morgan fingerprint density at radius 2 is 2.00 bits per heavy atom. The van der Waals surface area contributed by atoms with Gasteiger partial charge < -0.3 is 0 Å². The molecular formula is C7H13ClF2. The molecule has 0 aromatic heterocycles. The molecule has 0 aromatic carbocycles. The highest BCUT2D eigenvalue weighted by molar-refractivity contribution is 6.17. The molecular weight excluding hydrogens is 158 g/mol. The zero-order valence-electron chi connectivity index (χ0n) is 6.12. The molecule has 0 aromatic rings. The SMILES string of the molecule is CC(CCCCl)CC(F)F. The summed E-state index contributed by atoms with van der Waals surface area (Å²) in [6.45, 7) is 1.83. The Morgan fingerprint density at radius 3 is 2.40 bits per heavy atom. The van der Waals surface area contributed by atoms with Gasteiger partial charge in [-0.3, -0.25) is 0 Å². The summed E-state index contributed by atoms with van der Waals surface area (Å²) in [7, 11) is 0. The van der Waals surface area contributed by atoms with Crippen LogP contribution in [0.25, 0.3) is 0 Å². The molecule has 0 saturated carbocycles. The Hall–Kier alpha value is 0.150. The van der Waals surface area contributed by atoms with E-state index in [9.17, 15) is 8.78 Å². The minimum atomic E-state index is -2.16. The summed E-state index contributed by atoms with van der Waals surface area (Å²) in [4.78, 5) is 0. The molecule has 0 spiro atoms. The first-order valence-corrected chi connectivity index (χ1v) is 4.04. The number of alkyl halides is 3. The molecule has 0 nitrogen and oxygen atoms in total. The lowest BCUT2D eigenvalue weighted by Crippen LogP contribution is -2.01. The third-order valence-corrected chi connectivity index (χ3v) is 1.68. The zero-order valence-corrected chi connectivity index (χ0v) is 6.87. The van der Waals surface area contributed by atoms with Gasteiger partial charge in [-0.05, 0) is 18.8 Å². The predicted molar refractivity (Wildman–Crippen MR) is 39.7 cm³/mol. The fourth-order valence-electron chi connectivity index (χ4n) is 0.848. The zero-order chi connectivity index (χ0) is 7.98. The van der Waals surface area contributed by atoms with Crippen LogP contribution >= 0.6 is 11.6 Å². The summed E-state index contributed by atoms with van der Waals surface area (Å²) in [6.07, 6.45) is -0.495. The maximum absolute atomic E-state index is 11.7. The lowest BCUT2D eigenvalue weighted by molar-refractivity contribution is 0.116. The van der Waals surface area contributed by atoms with E-state index in [1.54, 1.807) is 0 Å². The second kappa shape index (κ2) is 5.90. The summed E-state index contributed by atoms with van der Waals surface area (Å²) < 4.78 is 23.4. The standard InChI is InChI=1S/C7H13ClF2/c1-6(3-2-4-8)5-7(9)10/h6-7H,2-5H2,1H3. The maximum Gasteiger partial charge on any atom is 0.238 e. The molecule has 0 aliphatic rings. The van der Waals surface area contributed by atoms with Crippen molar-refractivity contribution in [3.05, 3.63) is 0 Å². The molecule has 0 aliphatic carbocycles. The van der Waals surface area contributed by atoms with E-state index in [0.717, 1.165) is 12.8 Å². The molecule has 0 aliphatic heterocycles. The normalized spacial score (nSPS) is 14.1. The topological polar surface area (TPSA) is 0 Å². The van der Waals surface area contributed by atoms with Crippen molar-refractivity contribution in [3.63, 3.8) is 0 Å². The Balaban J connectivity index is 3.16. The van der Waals surface area contributed by atoms with Crippen LogP contribution in [0.4, 0.5) is 8.78 Å². The molecule has 62 valence electrons. The monoisotopic (exact) mass is 170 g/mol. The predicted octanol–water partition coefficient (Wildman–Crippen LogP) is 3.30. The van der Waals surface area contributed by atoms with Crippen molar-refractivity contribution in [3.8, 4) is 0 Å². The van der Waals surface area contributed by atoms with Crippen LogP contribution in [0.2, 0.25) is 0 Å². The summed E-state index contributed by atoms with van der Waals surface area (Å²) in [5.41, 5.74) is 0. The van der Waals surface area contributed by atoms with Gasteiger partial charge in [0.05, 0.1) is 0 Å². The van der Waals surface area contributed by atoms with Crippen molar-refractivity contribution >= 4 is 11.6 Å². The quantitative estimate of drug-likeness (QED) is 0.556. The Kier molecular flexibility index (Phi) is 5.99. The summed E-state index contributed by atoms with van der Waals surface area (Å²) in [5.74, 6) is 0.687. The first-order chi connectivity index (χ1) is 4.66. The van der Waals surface area contributed by atoms with Crippen LogP contribution in [0.3, 0.4) is 0 Å². The average molecular weight is 171 g/mol. The van der Waals surface area contributed by atoms with E-state index in [-0.39, 0.29) is 12.3 Å². The Morgan fingerprint density at radius 1 is 1.40 bits per heavy atom.